The van der Waals surface area contributed by atoms with Crippen molar-refractivity contribution in [2.75, 3.05) is 12.4 Å². The Kier molecular flexibility index (Phi) is 10.0. The molecule has 0 saturated carbocycles. The van der Waals surface area contributed by atoms with E-state index in [9.17, 15) is 14.0 Å². The minimum atomic E-state index is -0.464. The molecule has 38 heavy (non-hydrogen) atoms. The molecule has 0 aliphatic heterocycles. The van der Waals surface area contributed by atoms with Crippen LogP contribution in [0.5, 0.6) is 17.2 Å². The van der Waals surface area contributed by atoms with Crippen LogP contribution >= 0.6 is 0 Å². The molecule has 0 saturated heterocycles. The lowest BCUT2D eigenvalue weighted by atomic mass is 10.1. The number of nitrogens with one attached hydrogen (secondary N) is 2. The second-order valence-corrected chi connectivity index (χ2v) is 7.96. The average Bonchev–Trinajstić information content (AvgIpc) is 2.92. The van der Waals surface area contributed by atoms with Gasteiger partial charge in [0, 0.05) is 29.3 Å². The number of hydrogen-bond donors (Lipinski definition) is 2. The van der Waals surface area contributed by atoms with Crippen LogP contribution < -0.4 is 20.1 Å². The molecule has 0 fully saturated rings. The highest BCUT2D eigenvalue weighted by atomic mass is 19.1. The number of amides is 2. The third-order valence-electron chi connectivity index (χ3n) is 5.11. The van der Waals surface area contributed by atoms with Crippen molar-refractivity contribution in [1.29, 1.82) is 0 Å². The van der Waals surface area contributed by atoms with Crippen LogP contribution in [0.1, 0.15) is 22.8 Å². The molecule has 0 heterocycles. The van der Waals surface area contributed by atoms with Gasteiger partial charge in [0.1, 0.15) is 23.1 Å². The van der Waals surface area contributed by atoms with Crippen LogP contribution in [0.2, 0.25) is 0 Å². The molecule has 3 aromatic rings. The first kappa shape index (κ1) is 27.5. The molecule has 0 spiro atoms. The lowest BCUT2D eigenvalue weighted by Crippen LogP contribution is -2.23. The van der Waals surface area contributed by atoms with Crippen LogP contribution in [-0.4, -0.2) is 18.9 Å². The van der Waals surface area contributed by atoms with Crippen molar-refractivity contribution in [2.24, 2.45) is 0 Å². The summed E-state index contributed by atoms with van der Waals surface area (Å²) in [5.41, 5.74) is 2.35. The lowest BCUT2D eigenvalue weighted by molar-refractivity contribution is -0.111. The molecular weight excluding hydrogens is 483 g/mol. The van der Waals surface area contributed by atoms with Gasteiger partial charge in [0.2, 0.25) is 0 Å². The van der Waals surface area contributed by atoms with E-state index in [-0.39, 0.29) is 18.3 Å². The van der Waals surface area contributed by atoms with Crippen LogP contribution in [-0.2, 0) is 11.3 Å². The van der Waals surface area contributed by atoms with Gasteiger partial charge in [-0.25, -0.2) is 4.39 Å². The van der Waals surface area contributed by atoms with E-state index in [4.69, 9.17) is 9.47 Å². The van der Waals surface area contributed by atoms with Gasteiger partial charge in [-0.1, -0.05) is 36.8 Å². The minimum Gasteiger partial charge on any atom is -0.496 e. The second kappa shape index (κ2) is 13.9. The smallest absolute Gasteiger partial charge is 0.300 e. The fraction of sp³-hybridized carbons (Fsp3) is 0.0968. The number of anilines is 1. The molecule has 2 N–H and O–H groups in total. The van der Waals surface area contributed by atoms with Gasteiger partial charge >= 0.3 is 5.91 Å². The van der Waals surface area contributed by atoms with E-state index in [1.165, 1.54) is 31.4 Å². The number of hydrogen-bond acceptors (Lipinski definition) is 4. The number of halogens is 1. The highest BCUT2D eigenvalue weighted by molar-refractivity contribution is 6.04. The summed E-state index contributed by atoms with van der Waals surface area (Å²) in [6.07, 6.45) is 6.98. The van der Waals surface area contributed by atoms with E-state index >= 15 is 0 Å². The van der Waals surface area contributed by atoms with Crippen molar-refractivity contribution in [2.45, 2.75) is 13.5 Å². The zero-order chi connectivity index (χ0) is 27.3. The molecular formula is C31H27FN2O4. The molecule has 0 aliphatic carbocycles. The third kappa shape index (κ3) is 8.54. The number of rotatable bonds is 9. The van der Waals surface area contributed by atoms with E-state index in [1.54, 1.807) is 73.7 Å². The summed E-state index contributed by atoms with van der Waals surface area (Å²) >= 11 is 0. The molecule has 0 unspecified atom stereocenters. The lowest BCUT2D eigenvalue weighted by Gasteiger charge is -2.12. The first-order valence-corrected chi connectivity index (χ1v) is 11.7. The molecule has 192 valence electrons. The Morgan fingerprint density at radius 3 is 2.32 bits per heavy atom. The summed E-state index contributed by atoms with van der Waals surface area (Å²) in [4.78, 5) is 24.9. The number of benzene rings is 3. The van der Waals surface area contributed by atoms with Gasteiger partial charge in [-0.2, -0.15) is 0 Å². The number of ether oxygens (including phenoxy) is 2. The van der Waals surface area contributed by atoms with Crippen LogP contribution in [0.4, 0.5) is 10.1 Å². The number of carbonyl (C=O) groups is 2. The molecule has 7 heteroatoms. The Balaban J connectivity index is 1.61. The van der Waals surface area contributed by atoms with Gasteiger partial charge in [-0.3, -0.25) is 9.59 Å². The highest BCUT2D eigenvalue weighted by Crippen LogP contribution is 2.24. The maximum absolute atomic E-state index is 13.1. The second-order valence-electron chi connectivity index (χ2n) is 7.96. The third-order valence-corrected chi connectivity index (χ3v) is 5.11. The fourth-order valence-corrected chi connectivity index (χ4v) is 3.22. The zero-order valence-corrected chi connectivity index (χ0v) is 21.1. The van der Waals surface area contributed by atoms with Gasteiger partial charge in [-0.05, 0) is 79.2 Å². The Labute approximate surface area is 221 Å². The summed E-state index contributed by atoms with van der Waals surface area (Å²) < 4.78 is 24.1. The summed E-state index contributed by atoms with van der Waals surface area (Å²) in [5.74, 6) is 5.78. The van der Waals surface area contributed by atoms with E-state index in [0.29, 0.717) is 34.1 Å². The van der Waals surface area contributed by atoms with E-state index in [1.807, 2.05) is 0 Å². The van der Waals surface area contributed by atoms with Gasteiger partial charge in [-0.15, -0.1) is 0 Å². The number of carbonyl (C=O) groups excluding carboxylic acids is 2. The Morgan fingerprint density at radius 2 is 1.66 bits per heavy atom. The number of methoxy groups -OCH3 is 1. The van der Waals surface area contributed by atoms with Crippen molar-refractivity contribution >= 4 is 17.5 Å². The average molecular weight is 511 g/mol. The van der Waals surface area contributed by atoms with E-state index in [0.717, 1.165) is 5.57 Å². The van der Waals surface area contributed by atoms with Crippen LogP contribution in [0.3, 0.4) is 0 Å². The van der Waals surface area contributed by atoms with E-state index < -0.39 is 5.91 Å². The predicted molar refractivity (Wildman–Crippen MR) is 147 cm³/mol. The zero-order valence-electron chi connectivity index (χ0n) is 21.1. The van der Waals surface area contributed by atoms with Crippen LogP contribution in [0, 0.1) is 17.7 Å². The topological polar surface area (TPSA) is 76.7 Å². The first-order valence-electron chi connectivity index (χ1n) is 11.7. The molecule has 6 nitrogen and oxygen atoms in total. The summed E-state index contributed by atoms with van der Waals surface area (Å²) in [6.45, 7) is 5.56. The SMILES string of the molecule is C=C/C=C\C=C(/C)C#CC(=O)Nc1ccc(OC)c(CNC(=O)c2ccc(Oc3ccc(F)cc3)cc2)c1. The van der Waals surface area contributed by atoms with Gasteiger partial charge < -0.3 is 20.1 Å². The van der Waals surface area contributed by atoms with Crippen molar-refractivity contribution in [3.05, 3.63) is 120 Å². The van der Waals surface area contributed by atoms with Gasteiger partial charge in [0.15, 0.2) is 0 Å². The Bertz CT molecular complexity index is 1410. The Hall–Kier alpha value is -5.09. The molecule has 0 aromatic heterocycles. The van der Waals surface area contributed by atoms with Gasteiger partial charge in [0.05, 0.1) is 7.11 Å². The van der Waals surface area contributed by atoms with Crippen molar-refractivity contribution < 1.29 is 23.5 Å². The molecule has 3 rings (SSSR count). The van der Waals surface area contributed by atoms with Crippen molar-refractivity contribution in [3.8, 4) is 29.1 Å². The minimum absolute atomic E-state index is 0.169. The molecule has 0 bridgehead atoms. The normalized spacial score (nSPS) is 10.8. The maximum Gasteiger partial charge on any atom is 0.300 e. The molecule has 3 aromatic carbocycles. The van der Waals surface area contributed by atoms with Crippen LogP contribution in [0.15, 0.2) is 103 Å². The van der Waals surface area contributed by atoms with Crippen LogP contribution in [0.25, 0.3) is 0 Å². The largest absolute Gasteiger partial charge is 0.496 e. The predicted octanol–water partition coefficient (Wildman–Crippen LogP) is 6.19. The monoisotopic (exact) mass is 510 g/mol. The Morgan fingerprint density at radius 1 is 0.974 bits per heavy atom. The molecule has 0 atom stereocenters. The first-order chi connectivity index (χ1) is 18.4. The highest BCUT2D eigenvalue weighted by Gasteiger charge is 2.10. The van der Waals surface area contributed by atoms with Gasteiger partial charge in [0.25, 0.3) is 5.91 Å². The van der Waals surface area contributed by atoms with E-state index in [2.05, 4.69) is 29.1 Å². The standard InChI is InChI=1S/C31H27FN2O4/c1-4-5-6-7-22(2)8-19-30(35)34-26-13-18-29(37-3)24(20-26)21-33-31(36)23-9-14-27(15-10-23)38-28-16-11-25(32)12-17-28/h4-7,9-18,20H,1,21H2,2-3H3,(H,33,36)(H,34,35)/b6-5-,22-7+. The summed E-state index contributed by atoms with van der Waals surface area (Å²) in [7, 11) is 1.53. The molecule has 0 radical (unpaired) electrons. The maximum atomic E-state index is 13.1. The fourth-order valence-electron chi connectivity index (χ4n) is 3.22. The summed E-state index contributed by atoms with van der Waals surface area (Å²) in [5, 5.41) is 5.58. The van der Waals surface area contributed by atoms with Crippen molar-refractivity contribution in [1.82, 2.24) is 5.32 Å². The summed E-state index contributed by atoms with van der Waals surface area (Å²) in [6, 6.07) is 17.3. The quantitative estimate of drug-likeness (QED) is 0.266. The molecule has 0 aliphatic rings. The number of allylic oxidation sites excluding steroid dienone is 5. The molecule has 2 amide bonds. The van der Waals surface area contributed by atoms with Crippen molar-refractivity contribution in [3.63, 3.8) is 0 Å².